The molecule has 1 aliphatic carbocycles. The molecule has 3 heterocycles. The normalized spacial score (nSPS) is 13.9. The number of hydrogen-bond acceptors (Lipinski definition) is 7. The molecule has 0 saturated heterocycles. The summed E-state index contributed by atoms with van der Waals surface area (Å²) in [5.74, 6) is 0.683. The first kappa shape index (κ1) is 17.0. The van der Waals surface area contributed by atoms with Gasteiger partial charge in [0.25, 0.3) is 5.91 Å². The van der Waals surface area contributed by atoms with Crippen LogP contribution in [0.3, 0.4) is 0 Å². The van der Waals surface area contributed by atoms with Crippen molar-refractivity contribution in [2.45, 2.75) is 39.0 Å². The molecule has 0 spiro atoms. The van der Waals surface area contributed by atoms with Crippen LogP contribution in [0.15, 0.2) is 5.38 Å². The Hall–Kier alpha value is -2.39. The second kappa shape index (κ2) is 6.40. The number of aryl methyl sites for hydroxylation is 2. The van der Waals surface area contributed by atoms with Gasteiger partial charge in [-0.05, 0) is 32.3 Å². The number of thiazole rings is 1. The van der Waals surface area contributed by atoms with Crippen molar-refractivity contribution in [2.75, 3.05) is 5.32 Å². The minimum absolute atomic E-state index is 0.0625. The Balaban J connectivity index is 1.62. The number of amides is 2. The van der Waals surface area contributed by atoms with Gasteiger partial charge >= 0.3 is 0 Å². The Morgan fingerprint density at radius 1 is 1.27 bits per heavy atom. The van der Waals surface area contributed by atoms with E-state index < -0.39 is 5.91 Å². The summed E-state index contributed by atoms with van der Waals surface area (Å²) in [5, 5.41) is 5.92. The Bertz CT molecular complexity index is 1040. The summed E-state index contributed by atoms with van der Waals surface area (Å²) in [6.45, 7) is 3.88. The zero-order valence-electron chi connectivity index (χ0n) is 14.3. The van der Waals surface area contributed by atoms with Crippen LogP contribution in [-0.2, 0) is 11.2 Å². The van der Waals surface area contributed by atoms with Gasteiger partial charge in [-0.2, -0.15) is 0 Å². The molecule has 3 aromatic rings. The SMILES string of the molecule is Cc1nc(C2CC2)nc2sc(C(=O)Nc3nc(CC(N)=O)cs3)c(C)c12. The maximum absolute atomic E-state index is 12.7. The van der Waals surface area contributed by atoms with Gasteiger partial charge < -0.3 is 5.73 Å². The third-order valence-corrected chi connectivity index (χ3v) is 6.26. The van der Waals surface area contributed by atoms with Crippen molar-refractivity contribution < 1.29 is 9.59 Å². The van der Waals surface area contributed by atoms with Gasteiger partial charge in [-0.25, -0.2) is 15.0 Å². The molecule has 4 rings (SSSR count). The number of nitrogens with zero attached hydrogens (tertiary/aromatic N) is 3. The summed E-state index contributed by atoms with van der Waals surface area (Å²) in [4.78, 5) is 38.7. The van der Waals surface area contributed by atoms with Crippen molar-refractivity contribution >= 4 is 49.8 Å². The van der Waals surface area contributed by atoms with Gasteiger partial charge in [-0.15, -0.1) is 22.7 Å². The first-order chi connectivity index (χ1) is 12.4. The van der Waals surface area contributed by atoms with Gasteiger partial charge in [0.2, 0.25) is 5.91 Å². The van der Waals surface area contributed by atoms with Gasteiger partial charge in [-0.3, -0.25) is 14.9 Å². The van der Waals surface area contributed by atoms with Crippen LogP contribution < -0.4 is 11.1 Å². The van der Waals surface area contributed by atoms with Crippen molar-refractivity contribution in [2.24, 2.45) is 5.73 Å². The van der Waals surface area contributed by atoms with Crippen LogP contribution in [0.5, 0.6) is 0 Å². The number of fused-ring (bicyclic) bond motifs is 1. The number of nitrogens with one attached hydrogen (secondary N) is 1. The van der Waals surface area contributed by atoms with Crippen molar-refractivity contribution in [3.63, 3.8) is 0 Å². The van der Waals surface area contributed by atoms with E-state index in [1.807, 2.05) is 13.8 Å². The van der Waals surface area contributed by atoms with E-state index in [0.29, 0.717) is 21.6 Å². The molecule has 0 unspecified atom stereocenters. The molecule has 0 aromatic carbocycles. The fraction of sp³-hybridized carbons (Fsp3) is 0.353. The number of carbonyl (C=O) groups is 2. The van der Waals surface area contributed by atoms with Crippen molar-refractivity contribution in [3.8, 4) is 0 Å². The quantitative estimate of drug-likeness (QED) is 0.699. The van der Waals surface area contributed by atoms with Gasteiger partial charge in [0.1, 0.15) is 10.7 Å². The highest BCUT2D eigenvalue weighted by molar-refractivity contribution is 7.21. The molecule has 7 nitrogen and oxygen atoms in total. The summed E-state index contributed by atoms with van der Waals surface area (Å²) in [7, 11) is 0. The van der Waals surface area contributed by atoms with Gasteiger partial charge in [0, 0.05) is 16.7 Å². The van der Waals surface area contributed by atoms with E-state index in [1.54, 1.807) is 5.38 Å². The molecular weight excluding hydrogens is 370 g/mol. The third kappa shape index (κ3) is 3.19. The Morgan fingerprint density at radius 3 is 2.73 bits per heavy atom. The smallest absolute Gasteiger partial charge is 0.267 e. The molecule has 1 aliphatic rings. The summed E-state index contributed by atoms with van der Waals surface area (Å²) in [5.41, 5.74) is 7.53. The molecule has 0 aliphatic heterocycles. The van der Waals surface area contributed by atoms with E-state index in [-0.39, 0.29) is 12.3 Å². The zero-order chi connectivity index (χ0) is 18.4. The second-order valence-corrected chi connectivity index (χ2v) is 8.28. The predicted octanol–water partition coefficient (Wildman–Crippen LogP) is 2.92. The lowest BCUT2D eigenvalue weighted by Gasteiger charge is -2.02. The molecule has 1 saturated carbocycles. The number of hydrogen-bond donors (Lipinski definition) is 2. The van der Waals surface area contributed by atoms with Crippen molar-refractivity contribution in [1.82, 2.24) is 15.0 Å². The Kier molecular flexibility index (Phi) is 4.20. The minimum atomic E-state index is -0.450. The van der Waals surface area contributed by atoms with Crippen LogP contribution >= 0.6 is 22.7 Å². The van der Waals surface area contributed by atoms with Gasteiger partial charge in [0.05, 0.1) is 22.7 Å². The first-order valence-corrected chi connectivity index (χ1v) is 9.93. The van der Waals surface area contributed by atoms with E-state index in [4.69, 9.17) is 5.73 Å². The number of nitrogens with two attached hydrogens (primary N) is 1. The maximum atomic E-state index is 12.7. The van der Waals surface area contributed by atoms with Crippen LogP contribution in [-0.4, -0.2) is 26.8 Å². The largest absolute Gasteiger partial charge is 0.369 e. The molecule has 0 bridgehead atoms. The fourth-order valence-electron chi connectivity index (χ4n) is 2.88. The average molecular weight is 387 g/mol. The zero-order valence-corrected chi connectivity index (χ0v) is 16.0. The standard InChI is InChI=1S/C17H17N5O2S2/c1-7-12-8(2)19-14(9-3-4-9)21-16(12)26-13(7)15(24)22-17-20-10(6-25-17)5-11(18)23/h6,9H,3-5H2,1-2H3,(H2,18,23)(H,20,22,24). The van der Waals surface area contributed by atoms with Crippen LogP contribution in [0.25, 0.3) is 10.2 Å². The molecule has 2 amide bonds. The first-order valence-electron chi connectivity index (χ1n) is 8.24. The molecule has 26 heavy (non-hydrogen) atoms. The number of carbonyl (C=O) groups excluding carboxylic acids is 2. The number of rotatable bonds is 5. The molecule has 134 valence electrons. The van der Waals surface area contributed by atoms with Gasteiger partial charge in [0.15, 0.2) is 5.13 Å². The molecule has 1 fully saturated rings. The van der Waals surface area contributed by atoms with Crippen LogP contribution in [0.2, 0.25) is 0 Å². The topological polar surface area (TPSA) is 111 Å². The third-order valence-electron chi connectivity index (χ3n) is 4.26. The van der Waals surface area contributed by atoms with Crippen LogP contribution in [0, 0.1) is 13.8 Å². The number of thiophene rings is 1. The van der Waals surface area contributed by atoms with E-state index in [2.05, 4.69) is 20.3 Å². The predicted molar refractivity (Wildman–Crippen MR) is 102 cm³/mol. The lowest BCUT2D eigenvalue weighted by Crippen LogP contribution is -2.14. The molecular formula is C17H17N5O2S2. The fourth-order valence-corrected chi connectivity index (χ4v) is 4.72. The second-order valence-electron chi connectivity index (χ2n) is 6.42. The highest BCUT2D eigenvalue weighted by Gasteiger charge is 2.28. The lowest BCUT2D eigenvalue weighted by atomic mass is 10.1. The lowest BCUT2D eigenvalue weighted by molar-refractivity contribution is -0.117. The summed E-state index contributed by atoms with van der Waals surface area (Å²) >= 11 is 2.65. The van der Waals surface area contributed by atoms with E-state index in [9.17, 15) is 9.59 Å². The van der Waals surface area contributed by atoms with Crippen LogP contribution in [0.1, 0.15) is 51.2 Å². The van der Waals surface area contributed by atoms with Crippen LogP contribution in [0.4, 0.5) is 5.13 Å². The summed E-state index contributed by atoms with van der Waals surface area (Å²) in [6, 6.07) is 0. The summed E-state index contributed by atoms with van der Waals surface area (Å²) in [6.07, 6.45) is 2.34. The molecule has 9 heteroatoms. The minimum Gasteiger partial charge on any atom is -0.369 e. The molecule has 0 radical (unpaired) electrons. The Morgan fingerprint density at radius 2 is 2.04 bits per heavy atom. The van der Waals surface area contributed by atoms with Crippen molar-refractivity contribution in [1.29, 1.82) is 0 Å². The van der Waals surface area contributed by atoms with E-state index >= 15 is 0 Å². The van der Waals surface area contributed by atoms with E-state index in [0.717, 1.165) is 40.1 Å². The number of anilines is 1. The maximum Gasteiger partial charge on any atom is 0.267 e. The van der Waals surface area contributed by atoms with E-state index in [1.165, 1.54) is 22.7 Å². The van der Waals surface area contributed by atoms with Gasteiger partial charge in [-0.1, -0.05) is 0 Å². The highest BCUT2D eigenvalue weighted by atomic mass is 32.1. The summed E-state index contributed by atoms with van der Waals surface area (Å²) < 4.78 is 0. The van der Waals surface area contributed by atoms with Crippen molar-refractivity contribution in [3.05, 3.63) is 33.0 Å². The Labute approximate surface area is 157 Å². The highest BCUT2D eigenvalue weighted by Crippen LogP contribution is 2.40. The average Bonchev–Trinajstić information content (AvgIpc) is 3.25. The number of aromatic nitrogens is 3. The molecule has 0 atom stereocenters. The molecule has 3 aromatic heterocycles. The monoisotopic (exact) mass is 387 g/mol. The number of primary amides is 1. The molecule has 3 N–H and O–H groups in total.